The number of amides is 2. The molecule has 2 N–H and O–H groups in total. The van der Waals surface area contributed by atoms with Crippen LogP contribution in [-0.2, 0) is 4.79 Å². The van der Waals surface area contributed by atoms with E-state index in [1.54, 1.807) is 12.3 Å². The molecule has 1 fully saturated rings. The second-order valence-corrected chi connectivity index (χ2v) is 5.81. The summed E-state index contributed by atoms with van der Waals surface area (Å²) >= 11 is 0. The van der Waals surface area contributed by atoms with Gasteiger partial charge in [0.05, 0.1) is 0 Å². The van der Waals surface area contributed by atoms with Gasteiger partial charge in [-0.2, -0.15) is 0 Å². The number of pyridine rings is 1. The molecule has 0 bridgehead atoms. The van der Waals surface area contributed by atoms with Crippen molar-refractivity contribution in [3.63, 3.8) is 0 Å². The van der Waals surface area contributed by atoms with Crippen LogP contribution >= 0.6 is 0 Å². The monoisotopic (exact) mass is 324 g/mol. The Kier molecular flexibility index (Phi) is 4.74. The third-order valence-corrected chi connectivity index (χ3v) is 3.87. The molecule has 1 aliphatic rings. The van der Waals surface area contributed by atoms with Crippen molar-refractivity contribution >= 4 is 28.9 Å². The van der Waals surface area contributed by atoms with E-state index >= 15 is 0 Å². The van der Waals surface area contributed by atoms with Gasteiger partial charge in [0.1, 0.15) is 5.69 Å². The van der Waals surface area contributed by atoms with Gasteiger partial charge in [-0.3, -0.25) is 14.6 Å². The molecule has 2 heterocycles. The van der Waals surface area contributed by atoms with Crippen LogP contribution < -0.4 is 10.6 Å². The minimum Gasteiger partial charge on any atom is -0.355 e. The maximum absolute atomic E-state index is 12.4. The predicted molar refractivity (Wildman–Crippen MR) is 93.4 cm³/mol. The van der Waals surface area contributed by atoms with Gasteiger partial charge in [-0.05, 0) is 49.2 Å². The standard InChI is InChI=1S/C18H20N4O2/c1-13(23)20-14-4-6-15(7-5-14)21-16-8-9-19-17(12-16)18(24)22-10-2-3-11-22/h4-9,12H,2-3,10-11H2,1H3,(H,19,21)(H,20,23). The van der Waals surface area contributed by atoms with Gasteiger partial charge in [0.25, 0.3) is 5.91 Å². The van der Waals surface area contributed by atoms with Crippen molar-refractivity contribution in [3.05, 3.63) is 48.3 Å². The first-order valence-corrected chi connectivity index (χ1v) is 8.02. The number of aromatic nitrogens is 1. The predicted octanol–water partition coefficient (Wildman–Crippen LogP) is 3.02. The fourth-order valence-electron chi connectivity index (χ4n) is 2.71. The first-order chi connectivity index (χ1) is 11.6. The Hall–Kier alpha value is -2.89. The SMILES string of the molecule is CC(=O)Nc1ccc(Nc2ccnc(C(=O)N3CCCC3)c2)cc1. The van der Waals surface area contributed by atoms with Crippen molar-refractivity contribution in [1.29, 1.82) is 0 Å². The van der Waals surface area contributed by atoms with E-state index in [9.17, 15) is 9.59 Å². The van der Waals surface area contributed by atoms with Crippen molar-refractivity contribution < 1.29 is 9.59 Å². The van der Waals surface area contributed by atoms with Crippen LogP contribution in [0.5, 0.6) is 0 Å². The van der Waals surface area contributed by atoms with Crippen LogP contribution in [-0.4, -0.2) is 34.8 Å². The number of anilines is 3. The fraction of sp³-hybridized carbons (Fsp3) is 0.278. The maximum atomic E-state index is 12.4. The molecular weight excluding hydrogens is 304 g/mol. The van der Waals surface area contributed by atoms with Crippen molar-refractivity contribution in [2.75, 3.05) is 23.7 Å². The molecule has 0 spiro atoms. The third-order valence-electron chi connectivity index (χ3n) is 3.87. The van der Waals surface area contributed by atoms with Gasteiger partial charge < -0.3 is 15.5 Å². The van der Waals surface area contributed by atoms with E-state index in [1.165, 1.54) is 6.92 Å². The van der Waals surface area contributed by atoms with Crippen LogP contribution in [0.4, 0.5) is 17.1 Å². The smallest absolute Gasteiger partial charge is 0.272 e. The van der Waals surface area contributed by atoms with Crippen LogP contribution in [0.1, 0.15) is 30.3 Å². The Labute approximate surface area is 140 Å². The van der Waals surface area contributed by atoms with Gasteiger partial charge in [0.15, 0.2) is 0 Å². The number of nitrogens with zero attached hydrogens (tertiary/aromatic N) is 2. The second-order valence-electron chi connectivity index (χ2n) is 5.81. The Bertz CT molecular complexity index is 737. The van der Waals surface area contributed by atoms with E-state index in [2.05, 4.69) is 15.6 Å². The largest absolute Gasteiger partial charge is 0.355 e. The number of hydrogen-bond acceptors (Lipinski definition) is 4. The number of rotatable bonds is 4. The molecule has 2 amide bonds. The number of likely N-dealkylation sites (tertiary alicyclic amines) is 1. The fourth-order valence-corrected chi connectivity index (χ4v) is 2.71. The molecule has 6 nitrogen and oxygen atoms in total. The molecule has 1 saturated heterocycles. The number of hydrogen-bond donors (Lipinski definition) is 2. The van der Waals surface area contributed by atoms with Crippen LogP contribution in [0.2, 0.25) is 0 Å². The molecule has 0 radical (unpaired) electrons. The van der Waals surface area contributed by atoms with Crippen LogP contribution in [0.3, 0.4) is 0 Å². The average Bonchev–Trinajstić information content (AvgIpc) is 3.10. The Morgan fingerprint density at radius 1 is 1.00 bits per heavy atom. The van der Waals surface area contributed by atoms with Gasteiger partial charge in [0, 0.05) is 43.3 Å². The van der Waals surface area contributed by atoms with Crippen LogP contribution in [0, 0.1) is 0 Å². The summed E-state index contributed by atoms with van der Waals surface area (Å²) in [6.07, 6.45) is 3.76. The minimum absolute atomic E-state index is 0.0165. The molecule has 1 aromatic carbocycles. The van der Waals surface area contributed by atoms with Crippen molar-refractivity contribution in [1.82, 2.24) is 9.88 Å². The highest BCUT2D eigenvalue weighted by molar-refractivity contribution is 5.93. The molecule has 0 saturated carbocycles. The molecule has 3 rings (SSSR count). The van der Waals surface area contributed by atoms with E-state index in [-0.39, 0.29) is 11.8 Å². The topological polar surface area (TPSA) is 74.3 Å². The lowest BCUT2D eigenvalue weighted by Crippen LogP contribution is -2.28. The zero-order valence-corrected chi connectivity index (χ0v) is 13.6. The lowest BCUT2D eigenvalue weighted by molar-refractivity contribution is -0.114. The van der Waals surface area contributed by atoms with Crippen LogP contribution in [0.15, 0.2) is 42.6 Å². The van der Waals surface area contributed by atoms with Crippen molar-refractivity contribution in [3.8, 4) is 0 Å². The summed E-state index contributed by atoms with van der Waals surface area (Å²) in [5.41, 5.74) is 2.87. The van der Waals surface area contributed by atoms with E-state index in [1.807, 2.05) is 35.2 Å². The van der Waals surface area contributed by atoms with Gasteiger partial charge in [-0.25, -0.2) is 0 Å². The summed E-state index contributed by atoms with van der Waals surface area (Å²) in [7, 11) is 0. The van der Waals surface area contributed by atoms with E-state index in [4.69, 9.17) is 0 Å². The zero-order valence-electron chi connectivity index (χ0n) is 13.6. The second kappa shape index (κ2) is 7.12. The summed E-state index contributed by atoms with van der Waals surface area (Å²) in [6.45, 7) is 3.09. The number of benzene rings is 1. The highest BCUT2D eigenvalue weighted by Crippen LogP contribution is 2.20. The Morgan fingerprint density at radius 2 is 1.67 bits per heavy atom. The lowest BCUT2D eigenvalue weighted by atomic mass is 10.2. The van der Waals surface area contributed by atoms with E-state index in [0.717, 1.165) is 43.0 Å². The Morgan fingerprint density at radius 3 is 2.33 bits per heavy atom. The van der Waals surface area contributed by atoms with Gasteiger partial charge in [-0.1, -0.05) is 0 Å². The van der Waals surface area contributed by atoms with Crippen molar-refractivity contribution in [2.45, 2.75) is 19.8 Å². The van der Waals surface area contributed by atoms with E-state index < -0.39 is 0 Å². The molecule has 0 aliphatic carbocycles. The highest BCUT2D eigenvalue weighted by Gasteiger charge is 2.20. The zero-order chi connectivity index (χ0) is 16.9. The van der Waals surface area contributed by atoms with Crippen LogP contribution in [0.25, 0.3) is 0 Å². The molecule has 0 atom stereocenters. The first-order valence-electron chi connectivity index (χ1n) is 8.02. The first kappa shape index (κ1) is 16.0. The quantitative estimate of drug-likeness (QED) is 0.906. The van der Waals surface area contributed by atoms with Gasteiger partial charge >= 0.3 is 0 Å². The number of nitrogens with one attached hydrogen (secondary N) is 2. The molecule has 6 heteroatoms. The summed E-state index contributed by atoms with van der Waals surface area (Å²) < 4.78 is 0. The molecule has 124 valence electrons. The average molecular weight is 324 g/mol. The van der Waals surface area contributed by atoms with Gasteiger partial charge in [0.2, 0.25) is 5.91 Å². The third kappa shape index (κ3) is 3.90. The summed E-state index contributed by atoms with van der Waals surface area (Å²) in [6, 6.07) is 11.0. The molecule has 1 aromatic heterocycles. The molecule has 0 unspecified atom stereocenters. The molecule has 2 aromatic rings. The summed E-state index contributed by atoms with van der Waals surface area (Å²) in [5.74, 6) is -0.118. The van der Waals surface area contributed by atoms with Gasteiger partial charge in [-0.15, -0.1) is 0 Å². The minimum atomic E-state index is -0.102. The number of carbonyl (C=O) groups excluding carboxylic acids is 2. The molecule has 1 aliphatic heterocycles. The molecule has 24 heavy (non-hydrogen) atoms. The normalized spacial score (nSPS) is 13.6. The van der Waals surface area contributed by atoms with Crippen molar-refractivity contribution in [2.24, 2.45) is 0 Å². The Balaban J connectivity index is 1.70. The maximum Gasteiger partial charge on any atom is 0.272 e. The summed E-state index contributed by atoms with van der Waals surface area (Å²) in [5, 5.41) is 5.97. The molecular formula is C18H20N4O2. The highest BCUT2D eigenvalue weighted by atomic mass is 16.2. The summed E-state index contributed by atoms with van der Waals surface area (Å²) in [4.78, 5) is 29.5. The number of carbonyl (C=O) groups is 2. The lowest BCUT2D eigenvalue weighted by Gasteiger charge is -2.15. The van der Waals surface area contributed by atoms with E-state index in [0.29, 0.717) is 5.69 Å².